The number of ether oxygens (including phenoxy) is 1. The SMILES string of the molecule is COc1ccccc1N1CCN(CC(=O)c2cc(C)n(Cc3ccco3)c2C)CC1. The van der Waals surface area contributed by atoms with Crippen LogP contribution in [-0.2, 0) is 6.54 Å². The van der Waals surface area contributed by atoms with E-state index in [1.54, 1.807) is 13.4 Å². The number of carbonyl (C=O) groups is 1. The summed E-state index contributed by atoms with van der Waals surface area (Å²) in [6.07, 6.45) is 1.68. The third-order valence-corrected chi connectivity index (χ3v) is 5.93. The van der Waals surface area contributed by atoms with Crippen LogP contribution in [0.1, 0.15) is 27.5 Å². The Morgan fingerprint density at radius 1 is 1.07 bits per heavy atom. The monoisotopic (exact) mass is 407 g/mol. The van der Waals surface area contributed by atoms with E-state index in [1.165, 1.54) is 0 Å². The van der Waals surface area contributed by atoms with Crippen molar-refractivity contribution < 1.29 is 13.9 Å². The molecule has 0 spiro atoms. The third-order valence-electron chi connectivity index (χ3n) is 5.93. The molecule has 158 valence electrons. The van der Waals surface area contributed by atoms with Gasteiger partial charge in [-0.15, -0.1) is 0 Å². The zero-order chi connectivity index (χ0) is 21.1. The number of piperazine rings is 1. The molecule has 1 aliphatic heterocycles. The lowest BCUT2D eigenvalue weighted by atomic mass is 10.1. The second-order valence-electron chi connectivity index (χ2n) is 7.81. The number of benzene rings is 1. The average molecular weight is 408 g/mol. The molecule has 0 bridgehead atoms. The van der Waals surface area contributed by atoms with Gasteiger partial charge in [0.2, 0.25) is 0 Å². The predicted molar refractivity (Wildman–Crippen MR) is 118 cm³/mol. The Bertz CT molecular complexity index is 999. The van der Waals surface area contributed by atoms with E-state index in [9.17, 15) is 4.79 Å². The number of hydrogen-bond donors (Lipinski definition) is 0. The van der Waals surface area contributed by atoms with Crippen molar-refractivity contribution in [3.63, 3.8) is 0 Å². The summed E-state index contributed by atoms with van der Waals surface area (Å²) in [7, 11) is 1.70. The van der Waals surface area contributed by atoms with E-state index in [0.29, 0.717) is 13.1 Å². The maximum atomic E-state index is 13.0. The summed E-state index contributed by atoms with van der Waals surface area (Å²) in [6, 6.07) is 14.0. The summed E-state index contributed by atoms with van der Waals surface area (Å²) < 4.78 is 13.1. The molecule has 4 rings (SSSR count). The molecule has 1 fully saturated rings. The molecule has 0 unspecified atom stereocenters. The molecule has 6 nitrogen and oxygen atoms in total. The van der Waals surface area contributed by atoms with Crippen molar-refractivity contribution in [1.29, 1.82) is 0 Å². The van der Waals surface area contributed by atoms with Crippen LogP contribution in [0.2, 0.25) is 0 Å². The molecule has 0 saturated carbocycles. The number of Topliss-reactive ketones (excluding diaryl/α,β-unsaturated/α-hetero) is 1. The standard InChI is InChI=1S/C24H29N3O3/c1-18-15-21(19(2)27(18)16-20-7-6-14-30-20)23(28)17-25-10-12-26(13-11-25)22-8-4-5-9-24(22)29-3/h4-9,14-15H,10-13,16-17H2,1-3H3. The van der Waals surface area contributed by atoms with Gasteiger partial charge in [0.05, 0.1) is 32.1 Å². The number of nitrogens with zero attached hydrogens (tertiary/aromatic N) is 3. The number of furan rings is 1. The summed E-state index contributed by atoms with van der Waals surface area (Å²) in [5.74, 6) is 1.97. The fourth-order valence-electron chi connectivity index (χ4n) is 4.21. The molecule has 6 heteroatoms. The number of carbonyl (C=O) groups excluding carboxylic acids is 1. The fraction of sp³-hybridized carbons (Fsp3) is 0.375. The fourth-order valence-corrected chi connectivity index (χ4v) is 4.21. The minimum atomic E-state index is 0.180. The molecule has 30 heavy (non-hydrogen) atoms. The van der Waals surface area contributed by atoms with Gasteiger partial charge in [0.15, 0.2) is 5.78 Å². The molecule has 0 N–H and O–H groups in total. The Kier molecular flexibility index (Phi) is 5.95. The lowest BCUT2D eigenvalue weighted by molar-refractivity contribution is 0.0925. The van der Waals surface area contributed by atoms with Crippen molar-refractivity contribution in [2.75, 3.05) is 44.7 Å². The normalized spacial score (nSPS) is 14.8. The zero-order valence-corrected chi connectivity index (χ0v) is 17.9. The first kappa shape index (κ1) is 20.3. The van der Waals surface area contributed by atoms with Gasteiger partial charge in [0.25, 0.3) is 0 Å². The van der Waals surface area contributed by atoms with Gasteiger partial charge in [-0.25, -0.2) is 0 Å². The number of aryl methyl sites for hydroxylation is 1. The molecule has 0 amide bonds. The third kappa shape index (κ3) is 4.14. The highest BCUT2D eigenvalue weighted by molar-refractivity contribution is 5.99. The van der Waals surface area contributed by atoms with E-state index in [4.69, 9.17) is 9.15 Å². The second-order valence-corrected chi connectivity index (χ2v) is 7.81. The van der Waals surface area contributed by atoms with Gasteiger partial charge in [-0.05, 0) is 44.2 Å². The summed E-state index contributed by atoms with van der Waals surface area (Å²) in [4.78, 5) is 17.6. The van der Waals surface area contributed by atoms with Crippen molar-refractivity contribution in [2.45, 2.75) is 20.4 Å². The molecule has 0 radical (unpaired) electrons. The summed E-state index contributed by atoms with van der Waals surface area (Å²) in [5, 5.41) is 0. The van der Waals surface area contributed by atoms with Crippen molar-refractivity contribution in [1.82, 2.24) is 9.47 Å². The maximum absolute atomic E-state index is 13.0. The van der Waals surface area contributed by atoms with Crippen molar-refractivity contribution >= 4 is 11.5 Å². The van der Waals surface area contributed by atoms with E-state index < -0.39 is 0 Å². The number of methoxy groups -OCH3 is 1. The Hall–Kier alpha value is -2.99. The van der Waals surface area contributed by atoms with Gasteiger partial charge >= 0.3 is 0 Å². The van der Waals surface area contributed by atoms with Crippen molar-refractivity contribution in [2.24, 2.45) is 0 Å². The average Bonchev–Trinajstić information content (AvgIpc) is 3.38. The first-order valence-corrected chi connectivity index (χ1v) is 10.4. The van der Waals surface area contributed by atoms with E-state index in [1.807, 2.05) is 50.2 Å². The minimum Gasteiger partial charge on any atom is -0.495 e. The van der Waals surface area contributed by atoms with Crippen molar-refractivity contribution in [3.05, 3.63) is 71.4 Å². The molecule has 1 aliphatic rings. The zero-order valence-electron chi connectivity index (χ0n) is 17.9. The second kappa shape index (κ2) is 8.79. The Morgan fingerprint density at radius 2 is 1.83 bits per heavy atom. The number of anilines is 1. The van der Waals surface area contributed by atoms with Gasteiger partial charge in [0.1, 0.15) is 11.5 Å². The first-order valence-electron chi connectivity index (χ1n) is 10.4. The number of hydrogen-bond acceptors (Lipinski definition) is 5. The minimum absolute atomic E-state index is 0.180. The van der Waals surface area contributed by atoms with Crippen LogP contribution in [0, 0.1) is 13.8 Å². The van der Waals surface area contributed by atoms with E-state index in [-0.39, 0.29) is 5.78 Å². The smallest absolute Gasteiger partial charge is 0.178 e. The van der Waals surface area contributed by atoms with Gasteiger partial charge < -0.3 is 18.6 Å². The van der Waals surface area contributed by atoms with Crippen LogP contribution in [0.25, 0.3) is 0 Å². The summed E-state index contributed by atoms with van der Waals surface area (Å²) in [6.45, 7) is 8.63. The van der Waals surface area contributed by atoms with Crippen LogP contribution in [0.3, 0.4) is 0 Å². The Morgan fingerprint density at radius 3 is 2.53 bits per heavy atom. The molecular formula is C24H29N3O3. The summed E-state index contributed by atoms with van der Waals surface area (Å²) in [5.41, 5.74) is 4.01. The highest BCUT2D eigenvalue weighted by atomic mass is 16.5. The number of ketones is 1. The number of aromatic nitrogens is 1. The molecule has 3 aromatic rings. The van der Waals surface area contributed by atoms with E-state index >= 15 is 0 Å². The predicted octanol–water partition coefficient (Wildman–Crippen LogP) is 3.76. The number of rotatable bonds is 7. The maximum Gasteiger partial charge on any atom is 0.178 e. The van der Waals surface area contributed by atoms with Crippen LogP contribution in [0.5, 0.6) is 5.75 Å². The lowest BCUT2D eigenvalue weighted by Gasteiger charge is -2.36. The van der Waals surface area contributed by atoms with Crippen LogP contribution >= 0.6 is 0 Å². The molecule has 2 aromatic heterocycles. The highest BCUT2D eigenvalue weighted by Gasteiger charge is 2.23. The Labute approximate surface area is 177 Å². The quantitative estimate of drug-likeness (QED) is 0.558. The first-order chi connectivity index (χ1) is 14.6. The van der Waals surface area contributed by atoms with Gasteiger partial charge in [-0.2, -0.15) is 0 Å². The summed E-state index contributed by atoms with van der Waals surface area (Å²) >= 11 is 0. The van der Waals surface area contributed by atoms with Gasteiger partial charge in [0, 0.05) is 43.1 Å². The van der Waals surface area contributed by atoms with Crippen LogP contribution < -0.4 is 9.64 Å². The van der Waals surface area contributed by atoms with E-state index in [2.05, 4.69) is 20.4 Å². The van der Waals surface area contributed by atoms with Crippen LogP contribution in [0.4, 0.5) is 5.69 Å². The van der Waals surface area contributed by atoms with Crippen molar-refractivity contribution in [3.8, 4) is 5.75 Å². The lowest BCUT2D eigenvalue weighted by Crippen LogP contribution is -2.48. The Balaban J connectivity index is 1.38. The van der Waals surface area contributed by atoms with Crippen LogP contribution in [0.15, 0.2) is 53.1 Å². The van der Waals surface area contributed by atoms with E-state index in [0.717, 1.165) is 60.3 Å². The number of para-hydroxylation sites is 2. The molecular weight excluding hydrogens is 378 g/mol. The van der Waals surface area contributed by atoms with Crippen LogP contribution in [-0.4, -0.2) is 55.1 Å². The van der Waals surface area contributed by atoms with Gasteiger partial charge in [-0.3, -0.25) is 9.69 Å². The van der Waals surface area contributed by atoms with Gasteiger partial charge in [-0.1, -0.05) is 12.1 Å². The largest absolute Gasteiger partial charge is 0.495 e. The molecule has 1 aromatic carbocycles. The molecule has 0 aliphatic carbocycles. The molecule has 1 saturated heterocycles. The molecule has 0 atom stereocenters. The molecule has 3 heterocycles. The highest BCUT2D eigenvalue weighted by Crippen LogP contribution is 2.28. The topological polar surface area (TPSA) is 50.9 Å².